The van der Waals surface area contributed by atoms with Gasteiger partial charge in [0.15, 0.2) is 6.10 Å². The minimum atomic E-state index is -0.956. The Kier molecular flexibility index (Phi) is 3.59. The molecule has 1 aromatic carbocycles. The van der Waals surface area contributed by atoms with Crippen LogP contribution in [0.15, 0.2) is 30.3 Å². The van der Waals surface area contributed by atoms with Gasteiger partial charge in [-0.25, -0.2) is 0 Å². The Balaban J connectivity index is 2.44. The Bertz CT molecular complexity index is 499. The van der Waals surface area contributed by atoms with E-state index in [1.807, 2.05) is 30.3 Å². The van der Waals surface area contributed by atoms with Gasteiger partial charge >= 0.3 is 11.8 Å². The highest BCUT2D eigenvalue weighted by molar-refractivity contribution is 5.92. The van der Waals surface area contributed by atoms with E-state index in [1.54, 1.807) is 19.0 Å². The number of carbonyl (C=O) groups excluding carboxylic acids is 1. The van der Waals surface area contributed by atoms with Crippen LogP contribution in [0.25, 0.3) is 0 Å². The number of carbonyl (C=O) groups is 1. The fourth-order valence-corrected chi connectivity index (χ4v) is 2.19. The topological polar surface area (TPSA) is 64.8 Å². The van der Waals surface area contributed by atoms with E-state index in [1.165, 1.54) is 7.11 Å². The van der Waals surface area contributed by atoms with Crippen LogP contribution in [0.1, 0.15) is 11.5 Å². The summed E-state index contributed by atoms with van der Waals surface area (Å²) >= 11 is 0. The van der Waals surface area contributed by atoms with Crippen molar-refractivity contribution < 1.29 is 19.3 Å². The van der Waals surface area contributed by atoms with E-state index in [4.69, 9.17) is 9.57 Å². The lowest BCUT2D eigenvalue weighted by Gasteiger charge is -2.19. The van der Waals surface area contributed by atoms with Crippen molar-refractivity contribution in [3.8, 4) is 0 Å². The van der Waals surface area contributed by atoms with E-state index < -0.39 is 18.0 Å². The maximum Gasteiger partial charge on any atom is 0.324 e. The average Bonchev–Trinajstić information content (AvgIpc) is 2.76. The summed E-state index contributed by atoms with van der Waals surface area (Å²) in [5.41, 5.74) is 0.833. The van der Waals surface area contributed by atoms with Crippen molar-refractivity contribution in [1.29, 1.82) is 0 Å². The molecule has 0 bridgehead atoms. The third-order valence-corrected chi connectivity index (χ3v) is 3.03. The van der Waals surface area contributed by atoms with Crippen molar-refractivity contribution in [3.63, 3.8) is 0 Å². The fraction of sp³-hybridized carbons (Fsp3) is 0.385. The maximum absolute atomic E-state index is 11.8. The molecule has 1 aromatic rings. The molecule has 1 aliphatic rings. The molecule has 0 spiro atoms. The third-order valence-electron chi connectivity index (χ3n) is 3.03. The first-order valence-corrected chi connectivity index (χ1v) is 5.87. The molecule has 6 nitrogen and oxygen atoms in total. The molecule has 102 valence electrons. The number of hydrogen-bond acceptors (Lipinski definition) is 5. The first-order valence-electron chi connectivity index (χ1n) is 5.87. The number of amidine groups is 1. The zero-order valence-corrected chi connectivity index (χ0v) is 11.1. The molecule has 2 rings (SSSR count). The highest BCUT2D eigenvalue weighted by atomic mass is 16.9. The highest BCUT2D eigenvalue weighted by Crippen LogP contribution is 2.30. The molecule has 0 unspecified atom stereocenters. The lowest BCUT2D eigenvalue weighted by Crippen LogP contribution is -2.35. The van der Waals surface area contributed by atoms with Crippen molar-refractivity contribution in [2.75, 3.05) is 21.2 Å². The van der Waals surface area contributed by atoms with E-state index in [9.17, 15) is 10.0 Å². The van der Waals surface area contributed by atoms with Crippen LogP contribution in [0.3, 0.4) is 0 Å². The number of esters is 1. The third kappa shape index (κ3) is 2.33. The summed E-state index contributed by atoms with van der Waals surface area (Å²) < 4.78 is 4.70. The van der Waals surface area contributed by atoms with Crippen molar-refractivity contribution in [1.82, 2.24) is 4.90 Å². The van der Waals surface area contributed by atoms with Crippen molar-refractivity contribution in [3.05, 3.63) is 41.1 Å². The minimum Gasteiger partial charge on any atom is -0.468 e. The molecule has 19 heavy (non-hydrogen) atoms. The van der Waals surface area contributed by atoms with Gasteiger partial charge in [-0.2, -0.15) is 0 Å². The van der Waals surface area contributed by atoms with Gasteiger partial charge in [-0.15, -0.1) is 0 Å². The van der Waals surface area contributed by atoms with Crippen LogP contribution in [0, 0.1) is 5.21 Å². The monoisotopic (exact) mass is 264 g/mol. The Labute approximate surface area is 111 Å². The van der Waals surface area contributed by atoms with Gasteiger partial charge in [-0.05, 0) is 10.5 Å². The Morgan fingerprint density at radius 1 is 1.37 bits per heavy atom. The van der Waals surface area contributed by atoms with Gasteiger partial charge in [0.1, 0.15) is 5.92 Å². The summed E-state index contributed by atoms with van der Waals surface area (Å²) in [5.74, 6) is -0.658. The molecule has 0 aliphatic carbocycles. The Morgan fingerprint density at radius 3 is 2.53 bits per heavy atom. The van der Waals surface area contributed by atoms with Crippen LogP contribution in [0.4, 0.5) is 0 Å². The molecule has 0 saturated carbocycles. The van der Waals surface area contributed by atoms with Crippen LogP contribution in [-0.2, 0) is 14.4 Å². The summed E-state index contributed by atoms with van der Waals surface area (Å²) in [6, 6.07) is 9.28. The van der Waals surface area contributed by atoms with E-state index in [-0.39, 0.29) is 0 Å². The number of hydrogen-bond donors (Lipinski definition) is 0. The first-order chi connectivity index (χ1) is 9.06. The number of methoxy groups -OCH3 is 1. The SMILES string of the molecule is COC(=O)[C@H]1O[N+]([O-])=C(N(C)C)[C@H]1c1ccccc1. The van der Waals surface area contributed by atoms with Gasteiger partial charge in [0.25, 0.3) is 0 Å². The molecule has 0 radical (unpaired) electrons. The van der Waals surface area contributed by atoms with Crippen molar-refractivity contribution in [2.24, 2.45) is 0 Å². The summed E-state index contributed by atoms with van der Waals surface area (Å²) in [6.45, 7) is 0. The lowest BCUT2D eigenvalue weighted by molar-refractivity contribution is -0.739. The van der Waals surface area contributed by atoms with E-state index >= 15 is 0 Å². The number of benzene rings is 1. The van der Waals surface area contributed by atoms with Crippen molar-refractivity contribution in [2.45, 2.75) is 12.0 Å². The molecule has 0 aromatic heterocycles. The first kappa shape index (κ1) is 13.2. The summed E-state index contributed by atoms with van der Waals surface area (Å²) in [6.07, 6.45) is -0.956. The van der Waals surface area contributed by atoms with E-state index in [2.05, 4.69) is 0 Å². The van der Waals surface area contributed by atoms with Gasteiger partial charge in [0, 0.05) is 0 Å². The van der Waals surface area contributed by atoms with Crippen molar-refractivity contribution >= 4 is 11.8 Å². The zero-order valence-electron chi connectivity index (χ0n) is 11.1. The number of nitrogens with zero attached hydrogens (tertiary/aromatic N) is 2. The molecule has 0 saturated heterocycles. The molecular weight excluding hydrogens is 248 g/mol. The second kappa shape index (κ2) is 5.17. The molecule has 0 fully saturated rings. The standard InChI is InChI=1S/C13H16N2O4/c1-14(2)12-10(9-7-5-4-6-8-9)11(13(16)18-3)19-15(12)17/h4-8,10-11H,1-3H3/t10-,11-/m0/s1. The minimum absolute atomic E-state index is 0.376. The highest BCUT2D eigenvalue weighted by Gasteiger charge is 2.45. The summed E-state index contributed by atoms with van der Waals surface area (Å²) in [4.78, 5) is 18.9. The molecular formula is C13H16N2O4. The summed E-state index contributed by atoms with van der Waals surface area (Å²) in [5, 5.41) is 11.8. The Hall–Kier alpha value is -2.24. The number of likely N-dealkylation sites (N-methyl/N-ethyl adjacent to an activating group) is 1. The lowest BCUT2D eigenvalue weighted by atomic mass is 9.92. The predicted molar refractivity (Wildman–Crippen MR) is 68.4 cm³/mol. The van der Waals surface area contributed by atoms with E-state index in [0.717, 1.165) is 5.56 Å². The Morgan fingerprint density at radius 2 is 2.00 bits per heavy atom. The number of ether oxygens (including phenoxy) is 1. The number of rotatable bonds is 2. The molecule has 1 heterocycles. The van der Waals surface area contributed by atoms with Crippen LogP contribution in [0.2, 0.25) is 0 Å². The molecule has 2 atom stereocenters. The van der Waals surface area contributed by atoms with Crippen LogP contribution >= 0.6 is 0 Å². The molecule has 6 heteroatoms. The normalized spacial score (nSPS) is 22.1. The molecule has 0 N–H and O–H groups in total. The van der Waals surface area contributed by atoms with Crippen LogP contribution < -0.4 is 0 Å². The van der Waals surface area contributed by atoms with Gasteiger partial charge < -0.3 is 14.8 Å². The summed E-state index contributed by atoms with van der Waals surface area (Å²) in [7, 11) is 4.74. The maximum atomic E-state index is 11.8. The van der Waals surface area contributed by atoms with Crippen LogP contribution in [-0.4, -0.2) is 48.9 Å². The molecule has 1 aliphatic heterocycles. The predicted octanol–water partition coefficient (Wildman–Crippen LogP) is 0.727. The average molecular weight is 264 g/mol. The van der Waals surface area contributed by atoms with E-state index in [0.29, 0.717) is 10.7 Å². The van der Waals surface area contributed by atoms with Gasteiger partial charge in [-0.1, -0.05) is 30.3 Å². The second-order valence-electron chi connectivity index (χ2n) is 4.45. The van der Waals surface area contributed by atoms with Gasteiger partial charge in [0.2, 0.25) is 0 Å². The fourth-order valence-electron chi connectivity index (χ4n) is 2.19. The quantitative estimate of drug-likeness (QED) is 0.582. The van der Waals surface area contributed by atoms with Crippen LogP contribution in [0.5, 0.6) is 0 Å². The van der Waals surface area contributed by atoms with Gasteiger partial charge in [0.05, 0.1) is 21.2 Å². The smallest absolute Gasteiger partial charge is 0.324 e. The molecule has 0 amide bonds. The zero-order chi connectivity index (χ0) is 14.0. The largest absolute Gasteiger partial charge is 0.468 e. The second-order valence-corrected chi connectivity index (χ2v) is 4.45. The van der Waals surface area contributed by atoms with Gasteiger partial charge in [-0.3, -0.25) is 9.69 Å².